The number of aromatic nitrogens is 3. The molecule has 1 heterocycles. The van der Waals surface area contributed by atoms with Crippen LogP contribution in [-0.4, -0.2) is 33.0 Å². The maximum atomic E-state index is 13.2. The minimum atomic E-state index is -0.369. The van der Waals surface area contributed by atoms with Crippen LogP contribution in [0.15, 0.2) is 53.7 Å². The Morgan fingerprint density at radius 1 is 1.12 bits per heavy atom. The number of ether oxygens (including phenoxy) is 1. The van der Waals surface area contributed by atoms with Gasteiger partial charge in [-0.05, 0) is 62.2 Å². The number of methoxy groups -OCH3 is 1. The molecule has 0 bridgehead atoms. The Bertz CT molecular complexity index is 1020. The number of halogens is 1. The van der Waals surface area contributed by atoms with Crippen LogP contribution in [-0.2, 0) is 11.3 Å². The van der Waals surface area contributed by atoms with Gasteiger partial charge in [0, 0.05) is 12.1 Å². The molecule has 1 amide bonds. The molecule has 0 aliphatic rings. The van der Waals surface area contributed by atoms with Gasteiger partial charge in [-0.1, -0.05) is 37.2 Å². The van der Waals surface area contributed by atoms with Gasteiger partial charge < -0.3 is 14.6 Å². The third-order valence-corrected chi connectivity index (χ3v) is 6.26. The van der Waals surface area contributed by atoms with Crippen molar-refractivity contribution in [3.63, 3.8) is 0 Å². The molecular formula is C24H29FN4O2S. The molecule has 0 radical (unpaired) electrons. The fourth-order valence-electron chi connectivity index (χ4n) is 3.22. The molecule has 0 fully saturated rings. The van der Waals surface area contributed by atoms with Crippen molar-refractivity contribution in [2.45, 2.75) is 56.6 Å². The second-order valence-electron chi connectivity index (χ2n) is 7.58. The van der Waals surface area contributed by atoms with Gasteiger partial charge in [-0.3, -0.25) is 4.79 Å². The first-order valence-electron chi connectivity index (χ1n) is 10.7. The van der Waals surface area contributed by atoms with Gasteiger partial charge >= 0.3 is 0 Å². The Hall–Kier alpha value is -2.87. The molecule has 0 aliphatic heterocycles. The summed E-state index contributed by atoms with van der Waals surface area (Å²) in [6.07, 6.45) is 2.02. The van der Waals surface area contributed by atoms with Crippen LogP contribution in [0.5, 0.6) is 5.75 Å². The van der Waals surface area contributed by atoms with E-state index in [0.29, 0.717) is 5.16 Å². The number of nitrogens with one attached hydrogen (secondary N) is 1. The van der Waals surface area contributed by atoms with Crippen LogP contribution < -0.4 is 10.1 Å². The largest absolute Gasteiger partial charge is 0.497 e. The molecule has 0 spiro atoms. The number of benzene rings is 2. The van der Waals surface area contributed by atoms with Gasteiger partial charge in [-0.15, -0.1) is 10.2 Å². The molecule has 1 aromatic heterocycles. The van der Waals surface area contributed by atoms with E-state index in [2.05, 4.69) is 27.0 Å². The highest BCUT2D eigenvalue weighted by atomic mass is 32.2. The summed E-state index contributed by atoms with van der Waals surface area (Å²) < 4.78 is 20.5. The third kappa shape index (κ3) is 5.88. The van der Waals surface area contributed by atoms with Gasteiger partial charge in [0.05, 0.1) is 18.4 Å². The average Bonchev–Trinajstić information content (AvgIpc) is 3.20. The lowest BCUT2D eigenvalue weighted by molar-refractivity contribution is -0.120. The van der Waals surface area contributed by atoms with Crippen LogP contribution in [0.25, 0.3) is 11.4 Å². The quantitative estimate of drug-likeness (QED) is 0.422. The lowest BCUT2D eigenvalue weighted by Crippen LogP contribution is -2.33. The minimum Gasteiger partial charge on any atom is -0.497 e. The van der Waals surface area contributed by atoms with Crippen LogP contribution in [0.4, 0.5) is 4.39 Å². The van der Waals surface area contributed by atoms with E-state index >= 15 is 0 Å². The van der Waals surface area contributed by atoms with Gasteiger partial charge in [0.2, 0.25) is 5.91 Å². The number of unbranched alkanes of at least 4 members (excludes halogenated alkanes) is 1. The van der Waals surface area contributed by atoms with E-state index in [1.54, 1.807) is 19.2 Å². The maximum Gasteiger partial charge on any atom is 0.233 e. The molecule has 1 N–H and O–H groups in total. The second kappa shape index (κ2) is 11.1. The Morgan fingerprint density at radius 3 is 2.44 bits per heavy atom. The number of rotatable bonds is 10. The van der Waals surface area contributed by atoms with Crippen molar-refractivity contribution in [3.8, 4) is 17.1 Å². The molecule has 3 rings (SSSR count). The number of thioether (sulfide) groups is 1. The van der Waals surface area contributed by atoms with E-state index in [4.69, 9.17) is 4.74 Å². The van der Waals surface area contributed by atoms with Crippen molar-refractivity contribution >= 4 is 17.7 Å². The predicted molar refractivity (Wildman–Crippen MR) is 125 cm³/mol. The van der Waals surface area contributed by atoms with Crippen LogP contribution in [0.3, 0.4) is 0 Å². The monoisotopic (exact) mass is 456 g/mol. The molecule has 6 nitrogen and oxygen atoms in total. The molecule has 0 aliphatic carbocycles. The van der Waals surface area contributed by atoms with Crippen molar-refractivity contribution in [1.82, 2.24) is 20.1 Å². The smallest absolute Gasteiger partial charge is 0.233 e. The molecule has 8 heteroatoms. The molecule has 2 unspecified atom stereocenters. The molecule has 0 saturated heterocycles. The van der Waals surface area contributed by atoms with E-state index < -0.39 is 0 Å². The van der Waals surface area contributed by atoms with Crippen molar-refractivity contribution in [2.75, 3.05) is 7.11 Å². The molecular weight excluding hydrogens is 427 g/mol. The van der Waals surface area contributed by atoms with Crippen molar-refractivity contribution < 1.29 is 13.9 Å². The van der Waals surface area contributed by atoms with Crippen molar-refractivity contribution in [2.24, 2.45) is 0 Å². The van der Waals surface area contributed by atoms with Gasteiger partial charge in [-0.25, -0.2) is 4.39 Å². The molecule has 2 aromatic carbocycles. The average molecular weight is 457 g/mol. The van der Waals surface area contributed by atoms with Gasteiger partial charge in [0.15, 0.2) is 11.0 Å². The second-order valence-corrected chi connectivity index (χ2v) is 8.89. The SMILES string of the molecule is CCCCn1c(SC(C)C(=O)NC(C)c2ccc(F)cc2)nnc1-c1ccc(OC)cc1. The van der Waals surface area contributed by atoms with Crippen LogP contribution in [0, 0.1) is 5.82 Å². The zero-order valence-electron chi connectivity index (χ0n) is 18.8. The zero-order chi connectivity index (χ0) is 23.1. The van der Waals surface area contributed by atoms with Gasteiger partial charge in [0.25, 0.3) is 0 Å². The number of nitrogens with zero attached hydrogens (tertiary/aromatic N) is 3. The molecule has 170 valence electrons. The van der Waals surface area contributed by atoms with E-state index in [9.17, 15) is 9.18 Å². The highest BCUT2D eigenvalue weighted by molar-refractivity contribution is 8.00. The highest BCUT2D eigenvalue weighted by Crippen LogP contribution is 2.29. The Morgan fingerprint density at radius 2 is 1.81 bits per heavy atom. The molecule has 32 heavy (non-hydrogen) atoms. The maximum absolute atomic E-state index is 13.2. The summed E-state index contributed by atoms with van der Waals surface area (Å²) in [4.78, 5) is 12.8. The summed E-state index contributed by atoms with van der Waals surface area (Å²) in [5.74, 6) is 1.15. The fourth-order valence-corrected chi connectivity index (χ4v) is 4.11. The first-order valence-corrected chi connectivity index (χ1v) is 11.6. The molecule has 0 saturated carbocycles. The van der Waals surface area contributed by atoms with Crippen molar-refractivity contribution in [3.05, 3.63) is 59.9 Å². The number of hydrogen-bond acceptors (Lipinski definition) is 5. The van der Waals surface area contributed by atoms with Crippen molar-refractivity contribution in [1.29, 1.82) is 0 Å². The number of carbonyl (C=O) groups excluding carboxylic acids is 1. The Labute approximate surface area is 192 Å². The standard InChI is InChI=1S/C24H29FN4O2S/c1-5-6-15-29-22(19-9-13-21(31-4)14-10-19)27-28-24(29)32-17(3)23(30)26-16(2)18-7-11-20(25)12-8-18/h7-14,16-17H,5-6,15H2,1-4H3,(H,26,30). The van der Waals surface area contributed by atoms with Crippen LogP contribution >= 0.6 is 11.8 Å². The zero-order valence-corrected chi connectivity index (χ0v) is 19.7. The van der Waals surface area contributed by atoms with Crippen LogP contribution in [0.1, 0.15) is 45.2 Å². The van der Waals surface area contributed by atoms with Crippen LogP contribution in [0.2, 0.25) is 0 Å². The number of carbonyl (C=O) groups is 1. The highest BCUT2D eigenvalue weighted by Gasteiger charge is 2.22. The number of amides is 1. The van der Waals surface area contributed by atoms with E-state index in [1.165, 1.54) is 23.9 Å². The summed E-state index contributed by atoms with van der Waals surface area (Å²) in [5.41, 5.74) is 1.80. The summed E-state index contributed by atoms with van der Waals surface area (Å²) >= 11 is 1.38. The topological polar surface area (TPSA) is 69.0 Å². The van der Waals surface area contributed by atoms with E-state index in [1.807, 2.05) is 38.1 Å². The lowest BCUT2D eigenvalue weighted by Gasteiger charge is -2.18. The Kier molecular flexibility index (Phi) is 8.27. The molecule has 3 aromatic rings. The van der Waals surface area contributed by atoms with E-state index in [0.717, 1.165) is 42.1 Å². The first-order chi connectivity index (χ1) is 15.4. The first kappa shape index (κ1) is 23.8. The molecule has 2 atom stereocenters. The minimum absolute atomic E-state index is 0.108. The summed E-state index contributed by atoms with van der Waals surface area (Å²) in [6.45, 7) is 6.64. The fraction of sp³-hybridized carbons (Fsp3) is 0.375. The number of hydrogen-bond donors (Lipinski definition) is 1. The Balaban J connectivity index is 1.73. The predicted octanol–water partition coefficient (Wildman–Crippen LogP) is 5.25. The third-order valence-electron chi connectivity index (χ3n) is 5.18. The summed E-state index contributed by atoms with van der Waals surface area (Å²) in [6, 6.07) is 13.6. The van der Waals surface area contributed by atoms with Gasteiger partial charge in [0.1, 0.15) is 11.6 Å². The lowest BCUT2D eigenvalue weighted by atomic mass is 10.1. The normalized spacial score (nSPS) is 12.9. The summed E-state index contributed by atoms with van der Waals surface area (Å²) in [5, 5.41) is 12.1. The van der Waals surface area contributed by atoms with E-state index in [-0.39, 0.29) is 23.0 Å². The van der Waals surface area contributed by atoms with Gasteiger partial charge in [-0.2, -0.15) is 0 Å². The summed E-state index contributed by atoms with van der Waals surface area (Å²) in [7, 11) is 1.64.